The quantitative estimate of drug-likeness (QED) is 0.0436. The fourth-order valence-electron chi connectivity index (χ4n) is 10.0. The molecule has 0 radical (unpaired) electrons. The van der Waals surface area contributed by atoms with E-state index in [-0.39, 0.29) is 62.3 Å². The van der Waals surface area contributed by atoms with Crippen molar-refractivity contribution < 1.29 is 43.2 Å². The van der Waals surface area contributed by atoms with Crippen molar-refractivity contribution in [2.24, 2.45) is 22.9 Å². The molecule has 1 aliphatic heterocycles. The van der Waals surface area contributed by atoms with E-state index in [9.17, 15) is 24.2 Å². The van der Waals surface area contributed by atoms with E-state index >= 15 is 0 Å². The van der Waals surface area contributed by atoms with Crippen LogP contribution in [0.1, 0.15) is 147 Å². The molecule has 2 aromatic carbocycles. The molecular weight excluding hydrogens is 802 g/mol. The Hall–Kier alpha value is -4.26. The molecule has 0 aromatic heterocycles. The molecule has 0 bridgehead atoms. The number of oxime groups is 1. The first-order valence-corrected chi connectivity index (χ1v) is 23.9. The number of ether oxygens (including phenoxy) is 3. The zero-order valence-electron chi connectivity index (χ0n) is 38.2. The third-order valence-electron chi connectivity index (χ3n) is 12.9. The average Bonchev–Trinajstić information content (AvgIpc) is 3.28. The monoisotopic (exact) mass is 876 g/mol. The maximum absolute atomic E-state index is 15.0. The Labute approximate surface area is 375 Å². The van der Waals surface area contributed by atoms with E-state index in [2.05, 4.69) is 24.9 Å². The first-order valence-electron chi connectivity index (χ1n) is 23.9. The summed E-state index contributed by atoms with van der Waals surface area (Å²) in [7, 11) is 0. The number of benzene rings is 2. The van der Waals surface area contributed by atoms with Gasteiger partial charge in [-0.3, -0.25) is 4.79 Å². The van der Waals surface area contributed by atoms with E-state index in [1.165, 1.54) is 44.2 Å². The fourth-order valence-corrected chi connectivity index (χ4v) is 10.0. The zero-order chi connectivity index (χ0) is 45.0. The van der Waals surface area contributed by atoms with Crippen molar-refractivity contribution >= 4 is 17.7 Å². The molecule has 11 nitrogen and oxygen atoms in total. The minimum absolute atomic E-state index is 0.00776. The van der Waals surface area contributed by atoms with Gasteiger partial charge in [-0.2, -0.15) is 0 Å². The molecule has 3 N–H and O–H groups in total. The van der Waals surface area contributed by atoms with Gasteiger partial charge in [0.15, 0.2) is 0 Å². The summed E-state index contributed by atoms with van der Waals surface area (Å²) in [5, 5.41) is 27.3. The molecule has 12 heteroatoms. The van der Waals surface area contributed by atoms with Gasteiger partial charge in [-0.05, 0) is 99.3 Å². The molecule has 2 aliphatic carbocycles. The predicted octanol–water partition coefficient (Wildman–Crippen LogP) is 10.5. The van der Waals surface area contributed by atoms with Gasteiger partial charge < -0.3 is 39.5 Å². The topological polar surface area (TPSA) is 139 Å². The van der Waals surface area contributed by atoms with E-state index in [4.69, 9.17) is 24.2 Å². The largest absolute Gasteiger partial charge is 0.459 e. The lowest BCUT2D eigenvalue weighted by molar-refractivity contribution is -0.258. The van der Waals surface area contributed by atoms with Gasteiger partial charge in [0, 0.05) is 50.6 Å². The second-order valence-corrected chi connectivity index (χ2v) is 17.3. The van der Waals surface area contributed by atoms with Crippen molar-refractivity contribution in [2.75, 3.05) is 33.0 Å². The Bertz CT molecular complexity index is 1800. The highest BCUT2D eigenvalue weighted by molar-refractivity contribution is 6.03. The first-order chi connectivity index (χ1) is 30.7. The minimum atomic E-state index is -1.44. The van der Waals surface area contributed by atoms with E-state index < -0.39 is 23.8 Å². The molecule has 0 unspecified atom stereocenters. The highest BCUT2D eigenvalue weighted by atomic mass is 19.1. The number of amides is 2. The fraction of sp³-hybridized carbons (Fsp3) is 0.627. The summed E-state index contributed by atoms with van der Waals surface area (Å²) in [6.45, 7) is 11.2. The second-order valence-electron chi connectivity index (χ2n) is 17.3. The molecule has 2 aromatic rings. The van der Waals surface area contributed by atoms with Crippen LogP contribution in [0.15, 0.2) is 71.9 Å². The molecular formula is C51H74FN3O8. The number of carbonyl (C=O) groups excluding carboxylic acids is 2. The summed E-state index contributed by atoms with van der Waals surface area (Å²) in [5.41, 5.74) is 3.26. The van der Waals surface area contributed by atoms with Crippen molar-refractivity contribution in [3.8, 4) is 11.5 Å². The van der Waals surface area contributed by atoms with Crippen molar-refractivity contribution in [3.63, 3.8) is 0 Å². The highest BCUT2D eigenvalue weighted by Crippen LogP contribution is 2.62. The number of carbonyl (C=O) groups is 2. The van der Waals surface area contributed by atoms with Crippen LogP contribution >= 0.6 is 0 Å². The lowest BCUT2D eigenvalue weighted by atomic mass is 9.55. The number of unbranched alkanes of at least 4 members (excludes halogenated alkanes) is 10. The first kappa shape index (κ1) is 49.8. The van der Waals surface area contributed by atoms with Crippen molar-refractivity contribution in [1.29, 1.82) is 0 Å². The third kappa shape index (κ3) is 13.2. The molecule has 1 fully saturated rings. The van der Waals surface area contributed by atoms with Crippen molar-refractivity contribution in [3.05, 3.63) is 83.7 Å². The Morgan fingerprint density at radius 2 is 1.63 bits per heavy atom. The number of hydrogen-bond donors (Lipinski definition) is 3. The van der Waals surface area contributed by atoms with E-state index in [0.717, 1.165) is 68.1 Å². The Morgan fingerprint density at radius 3 is 2.30 bits per heavy atom. The van der Waals surface area contributed by atoms with Crippen molar-refractivity contribution in [1.82, 2.24) is 10.2 Å². The lowest BCUT2D eigenvalue weighted by Gasteiger charge is -2.60. The molecule has 63 heavy (non-hydrogen) atoms. The number of aliphatic hydroxyl groups excluding tert-OH is 2. The normalized spacial score (nSPS) is 22.9. The number of nitrogens with one attached hydrogen (secondary N) is 1. The SMILES string of the molecule is C=CCO[C@@]12Oc3ccc(OC(=O)NCC)cc3[C@H]3[C@H](CCCCO)[C@@H](CCCCO)C=C(C(=NOCC)C[C@@H]1N(Cc1ccc(F)cc1)C(=O)CCCCCCCCCCC)[C@H]32. The van der Waals surface area contributed by atoms with Crippen LogP contribution in [0.2, 0.25) is 0 Å². The number of fused-ring (bicyclic) bond motifs is 2. The van der Waals surface area contributed by atoms with Crippen LogP contribution in [-0.2, 0) is 20.9 Å². The van der Waals surface area contributed by atoms with Gasteiger partial charge in [-0.25, -0.2) is 9.18 Å². The van der Waals surface area contributed by atoms with Gasteiger partial charge in [0.2, 0.25) is 11.7 Å². The van der Waals surface area contributed by atoms with Crippen LogP contribution in [0, 0.1) is 23.6 Å². The zero-order valence-corrected chi connectivity index (χ0v) is 38.2. The number of rotatable bonds is 28. The Kier molecular flexibility index (Phi) is 20.4. The summed E-state index contributed by atoms with van der Waals surface area (Å²) in [5.74, 6) is -1.64. The molecule has 0 saturated heterocycles. The van der Waals surface area contributed by atoms with Gasteiger partial charge in [-0.15, -0.1) is 6.58 Å². The number of allylic oxidation sites excluding steroid dienone is 1. The minimum Gasteiger partial charge on any atom is -0.459 e. The molecule has 1 heterocycles. The van der Waals surface area contributed by atoms with E-state index in [0.29, 0.717) is 49.6 Å². The lowest BCUT2D eigenvalue weighted by Crippen LogP contribution is -2.70. The van der Waals surface area contributed by atoms with Crippen LogP contribution in [0.25, 0.3) is 0 Å². The second kappa shape index (κ2) is 25.9. The van der Waals surface area contributed by atoms with Crippen molar-refractivity contribution in [2.45, 2.75) is 154 Å². The Balaban J connectivity index is 1.67. The number of hydrogen-bond acceptors (Lipinski definition) is 9. The highest BCUT2D eigenvalue weighted by Gasteiger charge is 2.65. The van der Waals surface area contributed by atoms with E-state index in [1.807, 2.05) is 30.9 Å². The van der Waals surface area contributed by atoms with Gasteiger partial charge in [-0.1, -0.05) is 101 Å². The van der Waals surface area contributed by atoms with Crippen LogP contribution in [-0.4, -0.2) is 77.6 Å². The van der Waals surface area contributed by atoms with Crippen LogP contribution < -0.4 is 14.8 Å². The van der Waals surface area contributed by atoms with Crippen LogP contribution in [0.5, 0.6) is 11.5 Å². The predicted molar refractivity (Wildman–Crippen MR) is 245 cm³/mol. The molecule has 0 spiro atoms. The Morgan fingerprint density at radius 1 is 0.937 bits per heavy atom. The molecule has 2 amide bonds. The van der Waals surface area contributed by atoms with Gasteiger partial charge >= 0.3 is 6.09 Å². The number of nitrogens with zero attached hydrogens (tertiary/aromatic N) is 2. The van der Waals surface area contributed by atoms with Gasteiger partial charge in [0.05, 0.1) is 18.2 Å². The van der Waals surface area contributed by atoms with Crippen LogP contribution in [0.4, 0.5) is 9.18 Å². The van der Waals surface area contributed by atoms with E-state index in [1.54, 1.807) is 24.3 Å². The van der Waals surface area contributed by atoms with Gasteiger partial charge in [0.25, 0.3) is 0 Å². The summed E-state index contributed by atoms with van der Waals surface area (Å²) in [6, 6.07) is 11.0. The number of aliphatic hydroxyl groups is 2. The summed E-state index contributed by atoms with van der Waals surface area (Å²) in [4.78, 5) is 35.5. The number of halogens is 1. The molecule has 1 saturated carbocycles. The maximum atomic E-state index is 15.0. The van der Waals surface area contributed by atoms with Gasteiger partial charge in [0.1, 0.15) is 30.0 Å². The summed E-state index contributed by atoms with van der Waals surface area (Å²) < 4.78 is 34.6. The average molecular weight is 876 g/mol. The summed E-state index contributed by atoms with van der Waals surface area (Å²) >= 11 is 0. The standard InChI is InChI=1S/C51H74FN3O8/c1-5-9-10-11-12-13-14-15-16-23-47(58)55(36-37-24-26-39(52)27-25-37)46-35-44(54-61-8-4)42-33-38(21-17-19-30-56)41(22-18-20-31-57)48-43-34-40(62-50(59)53-7-3)28-29-45(43)63-51(46,49(42)48)60-32-6-2/h6,24-29,33-34,38,41,46,48-49,56-57H,2,5,7-23,30-32,35-36H2,1,3-4H3,(H,53,59)/t38-,41+,46-,48+,49+,51+/m0/s1. The van der Waals surface area contributed by atoms with Crippen LogP contribution in [0.3, 0.4) is 0 Å². The third-order valence-corrected chi connectivity index (χ3v) is 12.9. The molecule has 3 aliphatic rings. The smallest absolute Gasteiger partial charge is 0.412 e. The summed E-state index contributed by atoms with van der Waals surface area (Å²) in [6.07, 6.45) is 18.6. The maximum Gasteiger partial charge on any atom is 0.412 e. The molecule has 348 valence electrons. The molecule has 6 atom stereocenters. The molecule has 5 rings (SSSR count).